The molecular weight excluding hydrogens is 292 g/mol. The van der Waals surface area contributed by atoms with Gasteiger partial charge < -0.3 is 14.5 Å². The van der Waals surface area contributed by atoms with Crippen molar-refractivity contribution in [1.82, 2.24) is 0 Å². The number of esters is 1. The Morgan fingerprint density at radius 1 is 1.27 bits per heavy atom. The maximum atomic E-state index is 11.7. The SMILES string of the molecule is Cc1occc1C(=O)OCC(=O)Nc1ccc([N+](=O)[O-])cc1. The summed E-state index contributed by atoms with van der Waals surface area (Å²) < 4.78 is 9.81. The van der Waals surface area contributed by atoms with Crippen molar-refractivity contribution >= 4 is 23.3 Å². The van der Waals surface area contributed by atoms with Crippen LogP contribution in [0.2, 0.25) is 0 Å². The van der Waals surface area contributed by atoms with Crippen molar-refractivity contribution in [1.29, 1.82) is 0 Å². The molecule has 0 radical (unpaired) electrons. The molecule has 0 bridgehead atoms. The quantitative estimate of drug-likeness (QED) is 0.515. The van der Waals surface area contributed by atoms with Gasteiger partial charge in [0.15, 0.2) is 6.61 Å². The van der Waals surface area contributed by atoms with Crippen LogP contribution in [0.1, 0.15) is 16.1 Å². The maximum absolute atomic E-state index is 11.7. The number of aryl methyl sites for hydroxylation is 1. The fourth-order valence-corrected chi connectivity index (χ4v) is 1.67. The van der Waals surface area contributed by atoms with Gasteiger partial charge in [0, 0.05) is 17.8 Å². The Kier molecular flexibility index (Phi) is 4.52. The zero-order valence-corrected chi connectivity index (χ0v) is 11.6. The molecule has 22 heavy (non-hydrogen) atoms. The van der Waals surface area contributed by atoms with Gasteiger partial charge in [0.25, 0.3) is 11.6 Å². The molecule has 0 aliphatic rings. The lowest BCUT2D eigenvalue weighted by atomic mass is 10.3. The Hall–Kier alpha value is -3.16. The molecule has 2 rings (SSSR count). The summed E-state index contributed by atoms with van der Waals surface area (Å²) in [4.78, 5) is 33.3. The van der Waals surface area contributed by atoms with Gasteiger partial charge in [-0.2, -0.15) is 0 Å². The number of benzene rings is 1. The lowest BCUT2D eigenvalue weighted by Gasteiger charge is -2.06. The van der Waals surface area contributed by atoms with Crippen molar-refractivity contribution < 1.29 is 23.7 Å². The molecule has 1 amide bonds. The molecule has 1 aromatic carbocycles. The summed E-state index contributed by atoms with van der Waals surface area (Å²) in [6.45, 7) is 1.13. The molecule has 8 nitrogen and oxygen atoms in total. The van der Waals surface area contributed by atoms with Crippen molar-refractivity contribution in [3.05, 3.63) is 58.0 Å². The number of nitro groups is 1. The minimum Gasteiger partial charge on any atom is -0.469 e. The van der Waals surface area contributed by atoms with E-state index in [1.54, 1.807) is 6.92 Å². The van der Waals surface area contributed by atoms with Gasteiger partial charge in [-0.25, -0.2) is 4.79 Å². The number of carbonyl (C=O) groups excluding carboxylic acids is 2. The van der Waals surface area contributed by atoms with Crippen molar-refractivity contribution in [3.63, 3.8) is 0 Å². The van der Waals surface area contributed by atoms with Crippen LogP contribution in [-0.4, -0.2) is 23.4 Å². The zero-order chi connectivity index (χ0) is 16.1. The highest BCUT2D eigenvalue weighted by molar-refractivity contribution is 5.95. The molecule has 0 aliphatic heterocycles. The minimum absolute atomic E-state index is 0.0835. The van der Waals surface area contributed by atoms with E-state index in [9.17, 15) is 19.7 Å². The number of hydrogen-bond acceptors (Lipinski definition) is 6. The second kappa shape index (κ2) is 6.53. The van der Waals surface area contributed by atoms with E-state index in [2.05, 4.69) is 5.32 Å². The Morgan fingerprint density at radius 3 is 2.50 bits per heavy atom. The van der Waals surface area contributed by atoms with Gasteiger partial charge in [0.05, 0.1) is 11.2 Å². The Balaban J connectivity index is 1.86. The lowest BCUT2D eigenvalue weighted by molar-refractivity contribution is -0.384. The summed E-state index contributed by atoms with van der Waals surface area (Å²) in [5.74, 6) is -0.811. The predicted octanol–water partition coefficient (Wildman–Crippen LogP) is 2.29. The van der Waals surface area contributed by atoms with E-state index >= 15 is 0 Å². The van der Waals surface area contributed by atoms with Gasteiger partial charge in [0.1, 0.15) is 11.3 Å². The standard InChI is InChI=1S/C14H12N2O6/c1-9-12(6-7-21-9)14(18)22-8-13(17)15-10-2-4-11(5-3-10)16(19)20/h2-7H,8H2,1H3,(H,15,17). The Bertz CT molecular complexity index is 704. The van der Waals surface area contributed by atoms with Crippen LogP contribution in [-0.2, 0) is 9.53 Å². The molecule has 0 unspecified atom stereocenters. The van der Waals surface area contributed by atoms with E-state index in [0.717, 1.165) is 0 Å². The fraction of sp³-hybridized carbons (Fsp3) is 0.143. The third kappa shape index (κ3) is 3.69. The second-order valence-electron chi connectivity index (χ2n) is 4.32. The van der Waals surface area contributed by atoms with E-state index < -0.39 is 23.4 Å². The van der Waals surface area contributed by atoms with Gasteiger partial charge in [-0.15, -0.1) is 0 Å². The van der Waals surface area contributed by atoms with E-state index in [1.807, 2.05) is 0 Å². The molecule has 1 heterocycles. The molecule has 1 aromatic heterocycles. The fourth-order valence-electron chi connectivity index (χ4n) is 1.67. The molecule has 0 fully saturated rings. The highest BCUT2D eigenvalue weighted by Crippen LogP contribution is 2.15. The molecule has 0 atom stereocenters. The first kappa shape index (κ1) is 15.2. The van der Waals surface area contributed by atoms with E-state index in [4.69, 9.17) is 9.15 Å². The van der Waals surface area contributed by atoms with Crippen molar-refractivity contribution in [3.8, 4) is 0 Å². The smallest absolute Gasteiger partial charge is 0.342 e. The average Bonchev–Trinajstić information content (AvgIpc) is 2.91. The maximum Gasteiger partial charge on any atom is 0.342 e. The number of carbonyl (C=O) groups is 2. The number of furan rings is 1. The van der Waals surface area contributed by atoms with Crippen LogP contribution in [0, 0.1) is 17.0 Å². The number of nitrogens with zero attached hydrogens (tertiary/aromatic N) is 1. The minimum atomic E-state index is -0.662. The number of ether oxygens (including phenoxy) is 1. The largest absolute Gasteiger partial charge is 0.469 e. The number of nitro benzene ring substituents is 1. The number of anilines is 1. The van der Waals surface area contributed by atoms with Gasteiger partial charge in [0.2, 0.25) is 0 Å². The van der Waals surface area contributed by atoms with Crippen molar-refractivity contribution in [2.24, 2.45) is 0 Å². The summed E-state index contributed by atoms with van der Waals surface area (Å²) in [6.07, 6.45) is 1.35. The van der Waals surface area contributed by atoms with Crippen LogP contribution < -0.4 is 5.32 Å². The summed E-state index contributed by atoms with van der Waals surface area (Å²) in [7, 11) is 0. The van der Waals surface area contributed by atoms with Crippen molar-refractivity contribution in [2.75, 3.05) is 11.9 Å². The zero-order valence-electron chi connectivity index (χ0n) is 11.6. The molecular formula is C14H12N2O6. The second-order valence-corrected chi connectivity index (χ2v) is 4.32. The molecule has 0 saturated heterocycles. The highest BCUT2D eigenvalue weighted by Gasteiger charge is 2.14. The van der Waals surface area contributed by atoms with E-state index in [0.29, 0.717) is 11.4 Å². The van der Waals surface area contributed by atoms with Gasteiger partial charge >= 0.3 is 5.97 Å². The van der Waals surface area contributed by atoms with Crippen LogP contribution in [0.15, 0.2) is 41.0 Å². The molecule has 114 valence electrons. The number of hydrogen-bond donors (Lipinski definition) is 1. The highest BCUT2D eigenvalue weighted by atomic mass is 16.6. The first-order valence-corrected chi connectivity index (χ1v) is 6.23. The van der Waals surface area contributed by atoms with E-state index in [-0.39, 0.29) is 11.3 Å². The summed E-state index contributed by atoms with van der Waals surface area (Å²) in [6, 6.07) is 6.75. The van der Waals surface area contributed by atoms with Crippen LogP contribution in [0.4, 0.5) is 11.4 Å². The lowest BCUT2D eigenvalue weighted by Crippen LogP contribution is -2.21. The third-order valence-electron chi connectivity index (χ3n) is 2.77. The van der Waals surface area contributed by atoms with Gasteiger partial charge in [-0.3, -0.25) is 14.9 Å². The first-order valence-electron chi connectivity index (χ1n) is 6.23. The third-order valence-corrected chi connectivity index (χ3v) is 2.77. The number of amides is 1. The number of rotatable bonds is 5. The number of nitrogens with one attached hydrogen (secondary N) is 1. The molecule has 0 aliphatic carbocycles. The van der Waals surface area contributed by atoms with Crippen LogP contribution in [0.25, 0.3) is 0 Å². The van der Waals surface area contributed by atoms with Crippen LogP contribution >= 0.6 is 0 Å². The summed E-state index contributed by atoms with van der Waals surface area (Å²) in [5.41, 5.74) is 0.536. The molecule has 1 N–H and O–H groups in total. The Morgan fingerprint density at radius 2 is 1.95 bits per heavy atom. The molecule has 0 saturated carbocycles. The summed E-state index contributed by atoms with van der Waals surface area (Å²) >= 11 is 0. The molecule has 8 heteroatoms. The normalized spacial score (nSPS) is 10.0. The van der Waals surface area contributed by atoms with Crippen LogP contribution in [0.3, 0.4) is 0 Å². The average molecular weight is 304 g/mol. The monoisotopic (exact) mass is 304 g/mol. The number of non-ortho nitro benzene ring substituents is 1. The topological polar surface area (TPSA) is 112 Å². The summed E-state index contributed by atoms with van der Waals surface area (Å²) in [5, 5.41) is 13.0. The molecule has 0 spiro atoms. The van der Waals surface area contributed by atoms with Gasteiger partial charge in [-0.1, -0.05) is 0 Å². The van der Waals surface area contributed by atoms with Crippen molar-refractivity contribution in [2.45, 2.75) is 6.92 Å². The van der Waals surface area contributed by atoms with E-state index in [1.165, 1.54) is 36.6 Å². The van der Waals surface area contributed by atoms with Gasteiger partial charge in [-0.05, 0) is 25.1 Å². The Labute approximate surface area is 124 Å². The first-order chi connectivity index (χ1) is 10.5. The van der Waals surface area contributed by atoms with Crippen LogP contribution in [0.5, 0.6) is 0 Å². The predicted molar refractivity (Wildman–Crippen MR) is 75.5 cm³/mol. The molecule has 2 aromatic rings.